The van der Waals surface area contributed by atoms with Gasteiger partial charge in [0, 0.05) is 12.6 Å². The SMILES string of the molecule is COC(=O)Cn1ncc(NC(CN)C(C)C)c(Cl)c1=O. The first-order valence-corrected chi connectivity index (χ1v) is 6.57. The number of hydrogen-bond donors (Lipinski definition) is 2. The first-order chi connectivity index (χ1) is 9.40. The first kappa shape index (κ1) is 16.5. The van der Waals surface area contributed by atoms with Crippen LogP contribution in [-0.2, 0) is 16.1 Å². The molecule has 112 valence electrons. The molecule has 1 aromatic heterocycles. The van der Waals surface area contributed by atoms with Crippen LogP contribution in [0.2, 0.25) is 5.02 Å². The molecule has 1 aromatic rings. The van der Waals surface area contributed by atoms with E-state index in [0.29, 0.717) is 12.2 Å². The van der Waals surface area contributed by atoms with Crippen LogP contribution in [0.3, 0.4) is 0 Å². The molecule has 1 heterocycles. The number of nitrogens with zero attached hydrogens (tertiary/aromatic N) is 2. The number of anilines is 1. The summed E-state index contributed by atoms with van der Waals surface area (Å²) in [6, 6.07) is -0.0230. The number of esters is 1. The molecule has 0 aliphatic carbocycles. The third-order valence-electron chi connectivity index (χ3n) is 2.89. The molecule has 0 spiro atoms. The molecule has 0 aliphatic heterocycles. The van der Waals surface area contributed by atoms with Gasteiger partial charge in [0.1, 0.15) is 11.6 Å². The van der Waals surface area contributed by atoms with Gasteiger partial charge in [0.05, 0.1) is 19.0 Å². The standard InChI is InChI=1S/C12H19ClN4O3/c1-7(2)8(4-14)16-9-5-15-17(6-10(18)20-3)12(19)11(9)13/h5,7-8,16H,4,6,14H2,1-3H3. The van der Waals surface area contributed by atoms with Crippen molar-refractivity contribution in [3.8, 4) is 0 Å². The Morgan fingerprint density at radius 3 is 2.75 bits per heavy atom. The van der Waals surface area contributed by atoms with Gasteiger partial charge < -0.3 is 15.8 Å². The van der Waals surface area contributed by atoms with E-state index in [1.165, 1.54) is 13.3 Å². The third kappa shape index (κ3) is 3.94. The van der Waals surface area contributed by atoms with Crippen molar-refractivity contribution in [3.63, 3.8) is 0 Å². The molecule has 0 radical (unpaired) electrons. The van der Waals surface area contributed by atoms with Crippen molar-refractivity contribution >= 4 is 23.3 Å². The van der Waals surface area contributed by atoms with Crippen molar-refractivity contribution in [2.45, 2.75) is 26.4 Å². The molecule has 0 aromatic carbocycles. The van der Waals surface area contributed by atoms with Crippen LogP contribution >= 0.6 is 11.6 Å². The molecule has 1 unspecified atom stereocenters. The van der Waals surface area contributed by atoms with Gasteiger partial charge >= 0.3 is 5.97 Å². The number of hydrogen-bond acceptors (Lipinski definition) is 6. The summed E-state index contributed by atoms with van der Waals surface area (Å²) < 4.78 is 5.43. The van der Waals surface area contributed by atoms with Crippen molar-refractivity contribution in [3.05, 3.63) is 21.6 Å². The Kier molecular flexibility index (Phi) is 5.97. The lowest BCUT2D eigenvalue weighted by Crippen LogP contribution is -2.35. The Bertz CT molecular complexity index is 530. The molecule has 0 bridgehead atoms. The van der Waals surface area contributed by atoms with Gasteiger partial charge in [0.2, 0.25) is 0 Å². The lowest BCUT2D eigenvalue weighted by molar-refractivity contribution is -0.141. The van der Waals surface area contributed by atoms with Crippen LogP contribution in [0.1, 0.15) is 13.8 Å². The molecule has 1 atom stereocenters. The normalized spacial score (nSPS) is 12.3. The molecule has 0 fully saturated rings. The maximum Gasteiger partial charge on any atom is 0.327 e. The van der Waals surface area contributed by atoms with Crippen LogP contribution < -0.4 is 16.6 Å². The Labute approximate surface area is 122 Å². The summed E-state index contributed by atoms with van der Waals surface area (Å²) >= 11 is 6.00. The first-order valence-electron chi connectivity index (χ1n) is 6.19. The van der Waals surface area contributed by atoms with Crippen LogP contribution in [0.25, 0.3) is 0 Å². The number of halogens is 1. The molecule has 0 saturated carbocycles. The van der Waals surface area contributed by atoms with Crippen LogP contribution in [0.4, 0.5) is 5.69 Å². The molecule has 20 heavy (non-hydrogen) atoms. The average molecular weight is 303 g/mol. The second-order valence-corrected chi connectivity index (χ2v) is 5.02. The summed E-state index contributed by atoms with van der Waals surface area (Å²) in [5.74, 6) is -0.299. The molecule has 1 rings (SSSR count). The monoisotopic (exact) mass is 302 g/mol. The van der Waals surface area contributed by atoms with Gasteiger partial charge in [0.25, 0.3) is 5.56 Å². The summed E-state index contributed by atoms with van der Waals surface area (Å²) in [5.41, 5.74) is 5.50. The van der Waals surface area contributed by atoms with Crippen molar-refractivity contribution in [1.29, 1.82) is 0 Å². The number of carbonyl (C=O) groups is 1. The third-order valence-corrected chi connectivity index (χ3v) is 3.26. The smallest absolute Gasteiger partial charge is 0.327 e. The second kappa shape index (κ2) is 7.25. The van der Waals surface area contributed by atoms with Crippen molar-refractivity contribution in [1.82, 2.24) is 9.78 Å². The summed E-state index contributed by atoms with van der Waals surface area (Å²) in [6.45, 7) is 4.13. The van der Waals surface area contributed by atoms with Crippen molar-refractivity contribution in [2.75, 3.05) is 19.0 Å². The average Bonchev–Trinajstić information content (AvgIpc) is 2.42. The van der Waals surface area contributed by atoms with E-state index in [4.69, 9.17) is 17.3 Å². The van der Waals surface area contributed by atoms with E-state index in [1.807, 2.05) is 13.8 Å². The predicted molar refractivity (Wildman–Crippen MR) is 76.8 cm³/mol. The van der Waals surface area contributed by atoms with Crippen molar-refractivity contribution < 1.29 is 9.53 Å². The largest absolute Gasteiger partial charge is 0.468 e. The highest BCUT2D eigenvalue weighted by Gasteiger charge is 2.16. The van der Waals surface area contributed by atoms with Gasteiger partial charge in [0.15, 0.2) is 0 Å². The highest BCUT2D eigenvalue weighted by molar-refractivity contribution is 6.32. The van der Waals surface area contributed by atoms with E-state index in [-0.39, 0.29) is 23.5 Å². The Balaban J connectivity index is 3.00. The van der Waals surface area contributed by atoms with Gasteiger partial charge in [-0.25, -0.2) is 4.68 Å². The topological polar surface area (TPSA) is 99.2 Å². The van der Waals surface area contributed by atoms with E-state index in [2.05, 4.69) is 15.2 Å². The van der Waals surface area contributed by atoms with E-state index < -0.39 is 11.5 Å². The minimum absolute atomic E-state index is 0.0230. The maximum absolute atomic E-state index is 12.0. The highest BCUT2D eigenvalue weighted by atomic mass is 35.5. The molecule has 3 N–H and O–H groups in total. The van der Waals surface area contributed by atoms with Crippen LogP contribution in [0, 0.1) is 5.92 Å². The second-order valence-electron chi connectivity index (χ2n) is 4.64. The fourth-order valence-electron chi connectivity index (χ4n) is 1.56. The number of aromatic nitrogens is 2. The van der Waals surface area contributed by atoms with Gasteiger partial charge in [-0.1, -0.05) is 25.4 Å². The van der Waals surface area contributed by atoms with E-state index in [1.54, 1.807) is 0 Å². The highest BCUT2D eigenvalue weighted by Crippen LogP contribution is 2.18. The molecule has 0 saturated heterocycles. The minimum atomic E-state index is -0.571. The lowest BCUT2D eigenvalue weighted by atomic mass is 10.0. The minimum Gasteiger partial charge on any atom is -0.468 e. The van der Waals surface area contributed by atoms with Crippen LogP contribution in [0.15, 0.2) is 11.0 Å². The van der Waals surface area contributed by atoms with Crippen LogP contribution in [-0.4, -0.2) is 35.4 Å². The van der Waals surface area contributed by atoms with Crippen molar-refractivity contribution in [2.24, 2.45) is 11.7 Å². The van der Waals surface area contributed by atoms with E-state index >= 15 is 0 Å². The summed E-state index contributed by atoms with van der Waals surface area (Å²) in [4.78, 5) is 23.1. The zero-order valence-corrected chi connectivity index (χ0v) is 12.5. The van der Waals surface area contributed by atoms with Gasteiger partial charge in [-0.2, -0.15) is 5.10 Å². The van der Waals surface area contributed by atoms with Crippen LogP contribution in [0.5, 0.6) is 0 Å². The van der Waals surface area contributed by atoms with E-state index in [0.717, 1.165) is 4.68 Å². The molecule has 7 nitrogen and oxygen atoms in total. The number of nitrogens with two attached hydrogens (primary N) is 1. The molecular weight excluding hydrogens is 284 g/mol. The maximum atomic E-state index is 12.0. The zero-order chi connectivity index (χ0) is 15.3. The Hall–Kier alpha value is -1.60. The summed E-state index contributed by atoms with van der Waals surface area (Å²) in [6.07, 6.45) is 1.40. The van der Waals surface area contributed by atoms with Gasteiger partial charge in [-0.05, 0) is 5.92 Å². The fraction of sp³-hybridized carbons (Fsp3) is 0.583. The number of ether oxygens (including phenoxy) is 1. The fourth-order valence-corrected chi connectivity index (χ4v) is 1.76. The molecular formula is C12H19ClN4O3. The predicted octanol–water partition coefficient (Wildman–Crippen LogP) is 0.465. The summed E-state index contributed by atoms with van der Waals surface area (Å²) in [5, 5.41) is 6.95. The zero-order valence-electron chi connectivity index (χ0n) is 11.7. The Morgan fingerprint density at radius 2 is 2.25 bits per heavy atom. The number of carbonyl (C=O) groups excluding carboxylic acids is 1. The summed E-state index contributed by atoms with van der Waals surface area (Å²) in [7, 11) is 1.24. The number of rotatable bonds is 6. The lowest BCUT2D eigenvalue weighted by Gasteiger charge is -2.22. The quantitative estimate of drug-likeness (QED) is 0.741. The van der Waals surface area contributed by atoms with Gasteiger partial charge in [-0.15, -0.1) is 0 Å². The Morgan fingerprint density at radius 1 is 1.60 bits per heavy atom. The number of methoxy groups -OCH3 is 1. The molecule has 0 amide bonds. The molecule has 8 heteroatoms. The van der Waals surface area contributed by atoms with E-state index in [9.17, 15) is 9.59 Å². The number of nitrogens with one attached hydrogen (secondary N) is 1. The van der Waals surface area contributed by atoms with Gasteiger partial charge in [-0.3, -0.25) is 9.59 Å². The molecule has 0 aliphatic rings.